The summed E-state index contributed by atoms with van der Waals surface area (Å²) in [5.74, 6) is 0.609. The minimum Gasteiger partial charge on any atom is -0.424 e. The Balaban J connectivity index is 2.37. The predicted molar refractivity (Wildman–Crippen MR) is 106 cm³/mol. The van der Waals surface area contributed by atoms with Gasteiger partial charge in [0.05, 0.1) is 12.8 Å². The van der Waals surface area contributed by atoms with Gasteiger partial charge in [0.15, 0.2) is 0 Å². The summed E-state index contributed by atoms with van der Waals surface area (Å²) in [7, 11) is -3.05. The fraction of sp³-hybridized carbons (Fsp3) is 0.684. The lowest BCUT2D eigenvalue weighted by molar-refractivity contribution is 0.257. The number of hydrogen-bond acceptors (Lipinski definition) is 3. The van der Waals surface area contributed by atoms with Crippen LogP contribution < -0.4 is 4.52 Å². The average Bonchev–Trinajstić information content (AvgIpc) is 2.58. The third-order valence-electron chi connectivity index (χ3n) is 3.88. The molecule has 1 rings (SSSR count). The molecule has 1 atom stereocenters. The van der Waals surface area contributed by atoms with E-state index in [1.165, 1.54) is 32.1 Å². The highest BCUT2D eigenvalue weighted by atomic mass is 79.9. The molecular weight excluding hydrogens is 387 g/mol. The van der Waals surface area contributed by atoms with Crippen LogP contribution in [0.5, 0.6) is 5.75 Å². The fourth-order valence-electron chi connectivity index (χ4n) is 2.41. The molecule has 0 spiro atoms. The van der Waals surface area contributed by atoms with Crippen LogP contribution in [0.1, 0.15) is 71.6 Å². The Hall–Kier alpha value is -0.310. The zero-order valence-electron chi connectivity index (χ0n) is 15.1. The molecular formula is C19H32BrO3P. The van der Waals surface area contributed by atoms with Crippen molar-refractivity contribution in [1.82, 2.24) is 0 Å². The summed E-state index contributed by atoms with van der Waals surface area (Å²) in [5, 5.41) is 0. The first-order chi connectivity index (χ1) is 11.6. The Kier molecular flexibility index (Phi) is 11.7. The van der Waals surface area contributed by atoms with Crippen LogP contribution in [0.25, 0.3) is 0 Å². The molecule has 0 radical (unpaired) electrons. The number of benzene rings is 1. The normalized spacial score (nSPS) is 13.6. The van der Waals surface area contributed by atoms with E-state index in [4.69, 9.17) is 9.05 Å². The molecule has 0 saturated carbocycles. The second kappa shape index (κ2) is 13.0. The summed E-state index contributed by atoms with van der Waals surface area (Å²) >= 11 is 3.39. The molecule has 0 amide bonds. The third-order valence-corrected chi connectivity index (χ3v) is 6.34. The van der Waals surface area contributed by atoms with Crippen molar-refractivity contribution in [3.05, 3.63) is 28.7 Å². The summed E-state index contributed by atoms with van der Waals surface area (Å²) in [5.41, 5.74) is 0. The summed E-state index contributed by atoms with van der Waals surface area (Å²) < 4.78 is 25.4. The van der Waals surface area contributed by atoms with Crippen molar-refractivity contribution in [2.24, 2.45) is 0 Å². The Morgan fingerprint density at radius 1 is 0.875 bits per heavy atom. The molecule has 0 fully saturated rings. The minimum absolute atomic E-state index is 0.482. The summed E-state index contributed by atoms with van der Waals surface area (Å²) in [6.07, 6.45) is 10.8. The molecule has 0 aliphatic carbocycles. The maximum Gasteiger partial charge on any atom is 0.379 e. The molecule has 138 valence electrons. The van der Waals surface area contributed by atoms with E-state index in [9.17, 15) is 4.57 Å². The largest absolute Gasteiger partial charge is 0.424 e. The summed E-state index contributed by atoms with van der Waals surface area (Å²) in [4.78, 5) is 0. The molecule has 0 aliphatic heterocycles. The fourth-order valence-corrected chi connectivity index (χ4v) is 4.50. The highest BCUT2D eigenvalue weighted by Gasteiger charge is 2.25. The highest BCUT2D eigenvalue weighted by Crippen LogP contribution is 2.49. The Labute approximate surface area is 156 Å². The first kappa shape index (κ1) is 21.7. The van der Waals surface area contributed by atoms with E-state index in [-0.39, 0.29) is 0 Å². The van der Waals surface area contributed by atoms with Gasteiger partial charge in [-0.3, -0.25) is 4.52 Å². The molecule has 1 unspecified atom stereocenters. The Morgan fingerprint density at radius 2 is 1.46 bits per heavy atom. The quantitative estimate of drug-likeness (QED) is 0.230. The Bertz CT molecular complexity index is 476. The highest BCUT2D eigenvalue weighted by molar-refractivity contribution is 9.10. The molecule has 0 saturated heterocycles. The molecule has 0 heterocycles. The number of rotatable bonds is 14. The molecule has 3 nitrogen and oxygen atoms in total. The van der Waals surface area contributed by atoms with E-state index < -0.39 is 7.60 Å². The van der Waals surface area contributed by atoms with Crippen LogP contribution in [0.2, 0.25) is 0 Å². The van der Waals surface area contributed by atoms with Gasteiger partial charge in [0.25, 0.3) is 0 Å². The number of unbranched alkanes of at least 4 members (excludes halogenated alkanes) is 7. The van der Waals surface area contributed by atoms with E-state index in [0.29, 0.717) is 18.5 Å². The van der Waals surface area contributed by atoms with Gasteiger partial charge in [0, 0.05) is 4.47 Å². The molecule has 1 aromatic carbocycles. The molecule has 5 heteroatoms. The van der Waals surface area contributed by atoms with Crippen LogP contribution in [0.4, 0.5) is 0 Å². The lowest BCUT2D eigenvalue weighted by Gasteiger charge is -2.19. The van der Waals surface area contributed by atoms with Gasteiger partial charge < -0.3 is 4.52 Å². The average molecular weight is 419 g/mol. The molecule has 24 heavy (non-hydrogen) atoms. The van der Waals surface area contributed by atoms with Crippen LogP contribution in [0.15, 0.2) is 28.7 Å². The first-order valence-corrected chi connectivity index (χ1v) is 11.8. The van der Waals surface area contributed by atoms with E-state index in [0.717, 1.165) is 30.2 Å². The smallest absolute Gasteiger partial charge is 0.379 e. The van der Waals surface area contributed by atoms with E-state index in [1.807, 2.05) is 24.3 Å². The van der Waals surface area contributed by atoms with Crippen LogP contribution >= 0.6 is 23.5 Å². The Morgan fingerprint density at radius 3 is 2.08 bits per heavy atom. The molecule has 1 aromatic rings. The van der Waals surface area contributed by atoms with Crippen molar-refractivity contribution in [2.75, 3.05) is 12.8 Å². The monoisotopic (exact) mass is 418 g/mol. The van der Waals surface area contributed by atoms with Gasteiger partial charge in [-0.2, -0.15) is 0 Å². The summed E-state index contributed by atoms with van der Waals surface area (Å²) in [6, 6.07) is 7.41. The topological polar surface area (TPSA) is 35.5 Å². The van der Waals surface area contributed by atoms with Gasteiger partial charge in [-0.15, -0.1) is 0 Å². The predicted octanol–water partition coefficient (Wildman–Crippen LogP) is 7.59. The molecule has 0 N–H and O–H groups in total. The van der Waals surface area contributed by atoms with Gasteiger partial charge in [-0.25, -0.2) is 4.57 Å². The van der Waals surface area contributed by atoms with Gasteiger partial charge in [-0.1, -0.05) is 74.7 Å². The van der Waals surface area contributed by atoms with E-state index in [1.54, 1.807) is 0 Å². The van der Waals surface area contributed by atoms with Gasteiger partial charge in [-0.05, 0) is 37.1 Å². The van der Waals surface area contributed by atoms with Gasteiger partial charge in [0.1, 0.15) is 5.75 Å². The summed E-state index contributed by atoms with van der Waals surface area (Å²) in [6.45, 7) is 4.83. The van der Waals surface area contributed by atoms with Gasteiger partial charge in [0.2, 0.25) is 0 Å². The molecule has 0 aliphatic rings. The van der Waals surface area contributed by atoms with E-state index in [2.05, 4.69) is 29.8 Å². The van der Waals surface area contributed by atoms with Crippen LogP contribution in [-0.4, -0.2) is 12.8 Å². The van der Waals surface area contributed by atoms with Crippen LogP contribution in [-0.2, 0) is 9.09 Å². The lowest BCUT2D eigenvalue weighted by Crippen LogP contribution is -2.04. The van der Waals surface area contributed by atoms with Crippen LogP contribution in [0.3, 0.4) is 0 Å². The zero-order valence-corrected chi connectivity index (χ0v) is 17.6. The first-order valence-electron chi connectivity index (χ1n) is 9.28. The van der Waals surface area contributed by atoms with Gasteiger partial charge >= 0.3 is 7.60 Å². The van der Waals surface area contributed by atoms with Crippen molar-refractivity contribution in [3.8, 4) is 5.75 Å². The molecule has 0 aromatic heterocycles. The van der Waals surface area contributed by atoms with Crippen molar-refractivity contribution >= 4 is 23.5 Å². The second-order valence-corrected chi connectivity index (χ2v) is 9.21. The second-order valence-electron chi connectivity index (χ2n) is 6.19. The maximum atomic E-state index is 12.9. The van der Waals surface area contributed by atoms with Crippen LogP contribution in [0, 0.1) is 0 Å². The molecule has 0 bridgehead atoms. The zero-order chi connectivity index (χ0) is 17.7. The standard InChI is InChI=1S/C19H32BrO3P/c1-3-5-7-8-9-10-11-16-22-24(21,17-6-4-2)23-19-14-12-18(20)13-15-19/h12-15H,3-11,16-17H2,1-2H3. The minimum atomic E-state index is -3.05. The number of hydrogen-bond donors (Lipinski definition) is 0. The van der Waals surface area contributed by atoms with E-state index >= 15 is 0 Å². The third kappa shape index (κ3) is 9.86. The maximum absolute atomic E-state index is 12.9. The van der Waals surface area contributed by atoms with Crippen molar-refractivity contribution in [2.45, 2.75) is 71.6 Å². The lowest BCUT2D eigenvalue weighted by atomic mass is 10.1. The van der Waals surface area contributed by atoms with Crippen molar-refractivity contribution in [1.29, 1.82) is 0 Å². The number of halogens is 1. The van der Waals surface area contributed by atoms with Crippen molar-refractivity contribution in [3.63, 3.8) is 0 Å². The SMILES string of the molecule is CCCCCCCCCOP(=O)(CCCC)Oc1ccc(Br)cc1. The van der Waals surface area contributed by atoms with Crippen molar-refractivity contribution < 1.29 is 13.6 Å².